The Morgan fingerprint density at radius 1 is 1.32 bits per heavy atom. The Morgan fingerprint density at radius 3 is 2.89 bits per heavy atom. The number of nitrogens with zero attached hydrogens (tertiary/aromatic N) is 1. The summed E-state index contributed by atoms with van der Waals surface area (Å²) in [6, 6.07) is 7.09. The number of hydrogen-bond acceptors (Lipinski definition) is 3. The Balaban J connectivity index is 1.81. The van der Waals surface area contributed by atoms with Crippen molar-refractivity contribution in [1.29, 1.82) is 0 Å². The molecule has 1 fully saturated rings. The minimum atomic E-state index is -0.450. The Hall–Kier alpha value is -1.72. The number of rotatable bonds is 2. The van der Waals surface area contributed by atoms with Gasteiger partial charge >= 0.3 is 5.91 Å². The van der Waals surface area contributed by atoms with Crippen LogP contribution >= 0.6 is 0 Å². The van der Waals surface area contributed by atoms with E-state index in [-0.39, 0.29) is 6.10 Å². The summed E-state index contributed by atoms with van der Waals surface area (Å²) < 4.78 is 0. The van der Waals surface area contributed by atoms with Gasteiger partial charge in [-0.05, 0) is 25.0 Å². The van der Waals surface area contributed by atoms with Crippen LogP contribution in [0, 0.1) is 0 Å². The van der Waals surface area contributed by atoms with Gasteiger partial charge in [0.05, 0.1) is 17.8 Å². The molecule has 0 aromatic heterocycles. The van der Waals surface area contributed by atoms with Crippen molar-refractivity contribution in [3.8, 4) is 0 Å². The smallest absolute Gasteiger partial charge is 0.303 e. The van der Waals surface area contributed by atoms with Crippen LogP contribution in [-0.4, -0.2) is 42.7 Å². The van der Waals surface area contributed by atoms with Gasteiger partial charge in [0.25, 0.3) is 5.78 Å². The zero-order valence-electron chi connectivity index (χ0n) is 10.6. The van der Waals surface area contributed by atoms with Crippen LogP contribution in [0.4, 0.5) is 5.69 Å². The first-order chi connectivity index (χ1) is 9.16. The van der Waals surface area contributed by atoms with Gasteiger partial charge in [-0.25, -0.2) is 0 Å². The number of aliphatic hydroxyl groups is 1. The highest BCUT2D eigenvalue weighted by molar-refractivity contribution is 6.52. The van der Waals surface area contributed by atoms with Crippen molar-refractivity contribution in [3.05, 3.63) is 29.8 Å². The van der Waals surface area contributed by atoms with E-state index in [9.17, 15) is 14.7 Å². The van der Waals surface area contributed by atoms with Gasteiger partial charge in [-0.3, -0.25) is 14.5 Å². The average Bonchev–Trinajstić information content (AvgIpc) is 2.65. The van der Waals surface area contributed by atoms with Crippen molar-refractivity contribution in [2.24, 2.45) is 0 Å². The molecule has 3 rings (SSSR count). The van der Waals surface area contributed by atoms with Gasteiger partial charge in [0.1, 0.15) is 12.6 Å². The number of piperidine rings is 1. The molecule has 1 amide bonds. The SMILES string of the molecule is O=C1C(=O)N(C[NH+]2CCC[C@@H](O)C2)c2ccccc21. The maximum atomic E-state index is 12.0. The van der Waals surface area contributed by atoms with Crippen LogP contribution in [0.1, 0.15) is 23.2 Å². The van der Waals surface area contributed by atoms with Crippen molar-refractivity contribution in [1.82, 2.24) is 0 Å². The number of benzene rings is 1. The van der Waals surface area contributed by atoms with E-state index in [0.29, 0.717) is 24.5 Å². The Labute approximate surface area is 111 Å². The molecule has 2 aliphatic rings. The lowest BCUT2D eigenvalue weighted by Crippen LogP contribution is -3.15. The van der Waals surface area contributed by atoms with E-state index >= 15 is 0 Å². The molecule has 100 valence electrons. The average molecular weight is 261 g/mol. The van der Waals surface area contributed by atoms with E-state index in [2.05, 4.69) is 0 Å². The van der Waals surface area contributed by atoms with E-state index < -0.39 is 11.7 Å². The van der Waals surface area contributed by atoms with Crippen molar-refractivity contribution >= 4 is 17.4 Å². The summed E-state index contributed by atoms with van der Waals surface area (Å²) in [6.07, 6.45) is 1.48. The molecular weight excluding hydrogens is 244 g/mol. The zero-order valence-corrected chi connectivity index (χ0v) is 10.6. The predicted molar refractivity (Wildman–Crippen MR) is 69.1 cm³/mol. The van der Waals surface area contributed by atoms with E-state index in [1.807, 2.05) is 6.07 Å². The number of ketones is 1. The van der Waals surface area contributed by atoms with Crippen molar-refractivity contribution in [2.45, 2.75) is 18.9 Å². The lowest BCUT2D eigenvalue weighted by atomic mass is 10.1. The topological polar surface area (TPSA) is 62.0 Å². The normalized spacial score (nSPS) is 26.7. The van der Waals surface area contributed by atoms with Gasteiger partial charge in [0.2, 0.25) is 0 Å². The quantitative estimate of drug-likeness (QED) is 0.686. The molecule has 1 unspecified atom stereocenters. The lowest BCUT2D eigenvalue weighted by molar-refractivity contribution is -0.907. The fourth-order valence-corrected chi connectivity index (χ4v) is 2.90. The third-order valence-corrected chi connectivity index (χ3v) is 3.85. The van der Waals surface area contributed by atoms with Crippen molar-refractivity contribution < 1.29 is 19.6 Å². The van der Waals surface area contributed by atoms with E-state index in [1.165, 1.54) is 0 Å². The molecule has 1 saturated heterocycles. The summed E-state index contributed by atoms with van der Waals surface area (Å²) >= 11 is 0. The molecule has 0 saturated carbocycles. The van der Waals surface area contributed by atoms with Crippen LogP contribution in [-0.2, 0) is 4.79 Å². The Morgan fingerprint density at radius 2 is 2.11 bits per heavy atom. The van der Waals surface area contributed by atoms with Gasteiger partial charge < -0.3 is 10.0 Å². The number of nitrogens with one attached hydrogen (secondary N) is 1. The minimum Gasteiger partial charge on any atom is -0.387 e. The monoisotopic (exact) mass is 261 g/mol. The second-order valence-electron chi connectivity index (χ2n) is 5.24. The summed E-state index contributed by atoms with van der Waals surface area (Å²) in [4.78, 5) is 26.6. The third kappa shape index (κ3) is 2.15. The number of carbonyl (C=O) groups is 2. The van der Waals surface area contributed by atoms with Crippen LogP contribution in [0.2, 0.25) is 0 Å². The number of amides is 1. The van der Waals surface area contributed by atoms with Crippen LogP contribution in [0.3, 0.4) is 0 Å². The number of Topliss-reactive ketones (excluding diaryl/α,β-unsaturated/α-hetero) is 1. The molecule has 2 N–H and O–H groups in total. The number of anilines is 1. The molecule has 5 nitrogen and oxygen atoms in total. The summed E-state index contributed by atoms with van der Waals surface area (Å²) in [5.74, 6) is -0.874. The molecule has 0 aliphatic carbocycles. The largest absolute Gasteiger partial charge is 0.387 e. The molecule has 0 radical (unpaired) electrons. The first-order valence-electron chi connectivity index (χ1n) is 6.63. The molecule has 1 aromatic rings. The number of aliphatic hydroxyl groups excluding tert-OH is 1. The number of quaternary nitrogens is 1. The summed E-state index contributed by atoms with van der Waals surface area (Å²) in [5, 5.41) is 9.68. The van der Waals surface area contributed by atoms with Gasteiger partial charge in [-0.15, -0.1) is 0 Å². The van der Waals surface area contributed by atoms with E-state index in [0.717, 1.165) is 24.3 Å². The summed E-state index contributed by atoms with van der Waals surface area (Å²) in [7, 11) is 0. The highest BCUT2D eigenvalue weighted by Crippen LogP contribution is 2.27. The zero-order chi connectivity index (χ0) is 13.4. The van der Waals surface area contributed by atoms with Gasteiger partial charge in [0, 0.05) is 0 Å². The number of para-hydroxylation sites is 1. The first-order valence-corrected chi connectivity index (χ1v) is 6.63. The Bertz CT molecular complexity index is 529. The number of carbonyl (C=O) groups excluding carboxylic acids is 2. The molecular formula is C14H17N2O3+. The van der Waals surface area contributed by atoms with Crippen LogP contribution in [0.15, 0.2) is 24.3 Å². The highest BCUT2D eigenvalue weighted by Gasteiger charge is 2.38. The second kappa shape index (κ2) is 4.75. The molecule has 2 atom stereocenters. The van der Waals surface area contributed by atoms with Crippen LogP contribution in [0.25, 0.3) is 0 Å². The number of hydrogen-bond donors (Lipinski definition) is 2. The third-order valence-electron chi connectivity index (χ3n) is 3.85. The van der Waals surface area contributed by atoms with Crippen LogP contribution < -0.4 is 9.80 Å². The lowest BCUT2D eigenvalue weighted by Gasteiger charge is -2.30. The van der Waals surface area contributed by atoms with E-state index in [1.54, 1.807) is 23.1 Å². The second-order valence-corrected chi connectivity index (χ2v) is 5.24. The fraction of sp³-hybridized carbons (Fsp3) is 0.429. The van der Waals surface area contributed by atoms with Crippen molar-refractivity contribution in [3.63, 3.8) is 0 Å². The number of fused-ring (bicyclic) bond motifs is 1. The minimum absolute atomic E-state index is 0.299. The van der Waals surface area contributed by atoms with Gasteiger partial charge in [-0.1, -0.05) is 12.1 Å². The Kier molecular flexibility index (Phi) is 3.08. The molecule has 0 spiro atoms. The van der Waals surface area contributed by atoms with E-state index in [4.69, 9.17) is 0 Å². The first kappa shape index (κ1) is 12.3. The molecule has 2 heterocycles. The highest BCUT2D eigenvalue weighted by atomic mass is 16.3. The molecule has 19 heavy (non-hydrogen) atoms. The number of likely N-dealkylation sites (tertiary alicyclic amines) is 1. The molecule has 0 bridgehead atoms. The van der Waals surface area contributed by atoms with Gasteiger partial charge in [-0.2, -0.15) is 0 Å². The molecule has 2 aliphatic heterocycles. The fourth-order valence-electron chi connectivity index (χ4n) is 2.90. The summed E-state index contributed by atoms with van der Waals surface area (Å²) in [6.45, 7) is 2.02. The van der Waals surface area contributed by atoms with Crippen molar-refractivity contribution in [2.75, 3.05) is 24.7 Å². The molecule has 1 aromatic carbocycles. The maximum Gasteiger partial charge on any atom is 0.303 e. The predicted octanol–water partition coefficient (Wildman–Crippen LogP) is -0.787. The van der Waals surface area contributed by atoms with Gasteiger partial charge in [0.15, 0.2) is 6.67 Å². The summed E-state index contributed by atoms with van der Waals surface area (Å²) in [5.41, 5.74) is 1.19. The standard InChI is InChI=1S/C14H16N2O3/c17-10-4-3-7-15(8-10)9-16-12-6-2-1-5-11(12)13(18)14(16)19/h1-2,5-6,10,17H,3-4,7-9H2/p+1/t10-/m1/s1. The molecule has 5 heteroatoms. The van der Waals surface area contributed by atoms with Crippen LogP contribution in [0.5, 0.6) is 0 Å². The maximum absolute atomic E-state index is 12.0.